The number of piperidine rings is 1. The second-order valence-electron chi connectivity index (χ2n) is 8.00. The summed E-state index contributed by atoms with van der Waals surface area (Å²) in [5, 5.41) is 3.42. The summed E-state index contributed by atoms with van der Waals surface area (Å²) in [5.41, 5.74) is 4.09. The SMILES string of the molecule is Cc1cc(Nc2ncccc2C)cc([C@H]2CCCN(C(=O)/C=C/CN(C)C)C2)n1. The first kappa shape index (κ1) is 21.0. The molecule has 3 heterocycles. The minimum absolute atomic E-state index is 0.0895. The molecule has 154 valence electrons. The van der Waals surface area contributed by atoms with Crippen molar-refractivity contribution in [2.45, 2.75) is 32.6 Å². The molecule has 0 aliphatic carbocycles. The number of likely N-dealkylation sites (N-methyl/N-ethyl adjacent to an activating group) is 1. The zero-order valence-corrected chi connectivity index (χ0v) is 17.9. The highest BCUT2D eigenvalue weighted by Crippen LogP contribution is 2.29. The Morgan fingerprint density at radius 2 is 2.17 bits per heavy atom. The Morgan fingerprint density at radius 3 is 2.93 bits per heavy atom. The van der Waals surface area contributed by atoms with Gasteiger partial charge in [0.05, 0.1) is 0 Å². The number of rotatable bonds is 6. The Hall–Kier alpha value is -2.73. The first-order chi connectivity index (χ1) is 13.9. The summed E-state index contributed by atoms with van der Waals surface area (Å²) in [6.45, 7) is 6.34. The number of anilines is 2. The quantitative estimate of drug-likeness (QED) is 0.759. The van der Waals surface area contributed by atoms with E-state index in [0.717, 1.165) is 54.4 Å². The van der Waals surface area contributed by atoms with Crippen molar-refractivity contribution in [3.8, 4) is 0 Å². The van der Waals surface area contributed by atoms with Crippen LogP contribution in [0.5, 0.6) is 0 Å². The Morgan fingerprint density at radius 1 is 1.34 bits per heavy atom. The summed E-state index contributed by atoms with van der Waals surface area (Å²) in [6, 6.07) is 8.11. The highest BCUT2D eigenvalue weighted by molar-refractivity contribution is 5.87. The van der Waals surface area contributed by atoms with Crippen LogP contribution in [0.15, 0.2) is 42.6 Å². The van der Waals surface area contributed by atoms with Crippen molar-refractivity contribution in [2.24, 2.45) is 0 Å². The summed E-state index contributed by atoms with van der Waals surface area (Å²) in [6.07, 6.45) is 7.45. The Kier molecular flexibility index (Phi) is 6.99. The normalized spacial score (nSPS) is 17.1. The lowest BCUT2D eigenvalue weighted by Gasteiger charge is -2.32. The number of amides is 1. The van der Waals surface area contributed by atoms with Crippen LogP contribution in [-0.2, 0) is 4.79 Å². The van der Waals surface area contributed by atoms with Crippen molar-refractivity contribution in [1.29, 1.82) is 0 Å². The molecule has 0 unspecified atom stereocenters. The standard InChI is InChI=1S/C23H31N5O/c1-17-8-5-11-24-23(17)26-20-14-18(2)25-21(15-20)19-9-6-13-28(16-19)22(29)10-7-12-27(3)4/h5,7-8,10-11,14-15,19H,6,9,12-13,16H2,1-4H3,(H,24,25,26)/b10-7+/t19-/m0/s1. The molecule has 3 rings (SSSR count). The van der Waals surface area contributed by atoms with Gasteiger partial charge in [-0.2, -0.15) is 0 Å². The van der Waals surface area contributed by atoms with Crippen LogP contribution in [0.2, 0.25) is 0 Å². The van der Waals surface area contributed by atoms with E-state index in [-0.39, 0.29) is 11.8 Å². The van der Waals surface area contributed by atoms with Crippen LogP contribution in [0, 0.1) is 13.8 Å². The fraction of sp³-hybridized carbons (Fsp3) is 0.435. The largest absolute Gasteiger partial charge is 0.340 e. The van der Waals surface area contributed by atoms with Gasteiger partial charge in [-0.3, -0.25) is 9.78 Å². The van der Waals surface area contributed by atoms with E-state index in [0.29, 0.717) is 6.54 Å². The summed E-state index contributed by atoms with van der Waals surface area (Å²) in [7, 11) is 3.99. The van der Waals surface area contributed by atoms with Gasteiger partial charge in [-0.05, 0) is 64.5 Å². The lowest BCUT2D eigenvalue weighted by Crippen LogP contribution is -2.38. The molecule has 0 aromatic carbocycles. The van der Waals surface area contributed by atoms with Gasteiger partial charge in [0.1, 0.15) is 5.82 Å². The third-order valence-electron chi connectivity index (χ3n) is 5.13. The van der Waals surface area contributed by atoms with E-state index in [1.54, 1.807) is 12.3 Å². The van der Waals surface area contributed by atoms with Crippen LogP contribution in [0.4, 0.5) is 11.5 Å². The molecule has 1 saturated heterocycles. The topological polar surface area (TPSA) is 61.4 Å². The van der Waals surface area contributed by atoms with E-state index < -0.39 is 0 Å². The molecule has 0 spiro atoms. The molecule has 6 heteroatoms. The van der Waals surface area contributed by atoms with Crippen LogP contribution in [-0.4, -0.2) is 59.4 Å². The number of likely N-dealkylation sites (tertiary alicyclic amines) is 1. The molecule has 1 aliphatic heterocycles. The number of nitrogens with zero attached hydrogens (tertiary/aromatic N) is 4. The predicted molar refractivity (Wildman–Crippen MR) is 117 cm³/mol. The van der Waals surface area contributed by atoms with Gasteiger partial charge in [0.15, 0.2) is 0 Å². The van der Waals surface area contributed by atoms with Gasteiger partial charge in [0, 0.05) is 54.9 Å². The number of carbonyl (C=O) groups excluding carboxylic acids is 1. The summed E-state index contributed by atoms with van der Waals surface area (Å²) >= 11 is 0. The Labute approximate surface area is 173 Å². The first-order valence-electron chi connectivity index (χ1n) is 10.2. The van der Waals surface area contributed by atoms with E-state index in [4.69, 9.17) is 4.98 Å². The van der Waals surface area contributed by atoms with Gasteiger partial charge in [-0.15, -0.1) is 0 Å². The maximum atomic E-state index is 12.5. The molecule has 2 aromatic heterocycles. The summed E-state index contributed by atoms with van der Waals surface area (Å²) < 4.78 is 0. The van der Waals surface area contributed by atoms with Crippen LogP contribution >= 0.6 is 0 Å². The zero-order chi connectivity index (χ0) is 20.8. The third-order valence-corrected chi connectivity index (χ3v) is 5.13. The number of hydrogen-bond acceptors (Lipinski definition) is 5. The maximum Gasteiger partial charge on any atom is 0.246 e. The van der Waals surface area contributed by atoms with Crippen molar-refractivity contribution in [3.63, 3.8) is 0 Å². The van der Waals surface area contributed by atoms with Gasteiger partial charge in [0.2, 0.25) is 5.91 Å². The number of carbonyl (C=O) groups is 1. The lowest BCUT2D eigenvalue weighted by molar-refractivity contribution is -0.127. The summed E-state index contributed by atoms with van der Waals surface area (Å²) in [4.78, 5) is 25.7. The maximum absolute atomic E-state index is 12.5. The molecule has 1 amide bonds. The molecular formula is C23H31N5O. The fourth-order valence-corrected chi connectivity index (χ4v) is 3.62. The second-order valence-corrected chi connectivity index (χ2v) is 8.00. The highest BCUT2D eigenvalue weighted by Gasteiger charge is 2.25. The molecule has 1 N–H and O–H groups in total. The van der Waals surface area contributed by atoms with Crippen molar-refractivity contribution in [2.75, 3.05) is 39.0 Å². The molecule has 1 atom stereocenters. The van der Waals surface area contributed by atoms with Crippen LogP contribution in [0.3, 0.4) is 0 Å². The smallest absolute Gasteiger partial charge is 0.246 e. The van der Waals surface area contributed by atoms with Gasteiger partial charge >= 0.3 is 0 Å². The average molecular weight is 394 g/mol. The monoisotopic (exact) mass is 393 g/mol. The van der Waals surface area contributed by atoms with Gasteiger partial charge in [0.25, 0.3) is 0 Å². The Bertz CT molecular complexity index is 877. The number of aromatic nitrogens is 2. The fourth-order valence-electron chi connectivity index (χ4n) is 3.62. The minimum atomic E-state index is 0.0895. The predicted octanol–water partition coefficient (Wildman–Crippen LogP) is 3.66. The highest BCUT2D eigenvalue weighted by atomic mass is 16.2. The second kappa shape index (κ2) is 9.65. The Balaban J connectivity index is 1.72. The molecule has 6 nitrogen and oxygen atoms in total. The number of pyridine rings is 2. The first-order valence-corrected chi connectivity index (χ1v) is 10.2. The van der Waals surface area contributed by atoms with Crippen molar-refractivity contribution in [3.05, 3.63) is 59.6 Å². The summed E-state index contributed by atoms with van der Waals surface area (Å²) in [5.74, 6) is 1.20. The van der Waals surface area contributed by atoms with Crippen LogP contribution < -0.4 is 5.32 Å². The van der Waals surface area contributed by atoms with E-state index in [1.807, 2.05) is 62.0 Å². The van der Waals surface area contributed by atoms with Gasteiger partial charge in [-0.1, -0.05) is 12.1 Å². The van der Waals surface area contributed by atoms with E-state index in [2.05, 4.69) is 16.4 Å². The average Bonchev–Trinajstić information content (AvgIpc) is 2.69. The van der Waals surface area contributed by atoms with Gasteiger partial charge < -0.3 is 15.1 Å². The van der Waals surface area contributed by atoms with Crippen molar-refractivity contribution in [1.82, 2.24) is 19.8 Å². The zero-order valence-electron chi connectivity index (χ0n) is 17.9. The minimum Gasteiger partial charge on any atom is -0.340 e. The molecule has 1 fully saturated rings. The molecule has 0 radical (unpaired) electrons. The van der Waals surface area contributed by atoms with Crippen LogP contribution in [0.1, 0.15) is 35.7 Å². The number of nitrogens with one attached hydrogen (secondary N) is 1. The molecule has 29 heavy (non-hydrogen) atoms. The molecule has 2 aromatic rings. The van der Waals surface area contributed by atoms with E-state index in [1.165, 1.54) is 0 Å². The lowest BCUT2D eigenvalue weighted by atomic mass is 9.93. The number of hydrogen-bond donors (Lipinski definition) is 1. The molecule has 1 aliphatic rings. The third kappa shape index (κ3) is 5.87. The van der Waals surface area contributed by atoms with E-state index in [9.17, 15) is 4.79 Å². The molecule has 0 saturated carbocycles. The molecule has 0 bridgehead atoms. The van der Waals surface area contributed by atoms with Crippen molar-refractivity contribution >= 4 is 17.4 Å². The molecular weight excluding hydrogens is 362 g/mol. The number of aryl methyl sites for hydroxylation is 2. The van der Waals surface area contributed by atoms with Crippen molar-refractivity contribution < 1.29 is 4.79 Å². The van der Waals surface area contributed by atoms with Crippen LogP contribution in [0.25, 0.3) is 0 Å². The van der Waals surface area contributed by atoms with E-state index >= 15 is 0 Å². The van der Waals surface area contributed by atoms with Gasteiger partial charge in [-0.25, -0.2) is 4.98 Å².